The van der Waals surface area contributed by atoms with Crippen LogP contribution in [0.5, 0.6) is 5.75 Å². The largest absolute Gasteiger partial charge is 0.486 e. The van der Waals surface area contributed by atoms with E-state index in [1.165, 1.54) is 0 Å². The van der Waals surface area contributed by atoms with Crippen molar-refractivity contribution in [3.63, 3.8) is 0 Å². The van der Waals surface area contributed by atoms with Gasteiger partial charge in [0.2, 0.25) is 5.95 Å². The molecule has 4 N–H and O–H groups in total. The molecule has 0 atom stereocenters. The number of hydrogen-bond donors (Lipinski definition) is 3. The second-order valence-corrected chi connectivity index (χ2v) is 9.48. The molecule has 0 radical (unpaired) electrons. The number of nitrogens with zero attached hydrogens (tertiary/aromatic N) is 1. The summed E-state index contributed by atoms with van der Waals surface area (Å²) in [6.07, 6.45) is 2.59. The Morgan fingerprint density at radius 3 is 2.51 bits per heavy atom. The Hall–Kier alpha value is -3.78. The SMILES string of the molecule is Nc1nc(F)c(-c2ccc3c(c2)C(=O)CC2(CCNCC2)O3)cc1-c1ccc2c(c1)CCNC2=O. The third-order valence-corrected chi connectivity index (χ3v) is 7.26. The lowest BCUT2D eigenvalue weighted by Gasteiger charge is -2.41. The number of carbonyl (C=O) groups excluding carboxylic acids is 2. The summed E-state index contributed by atoms with van der Waals surface area (Å²) in [6, 6.07) is 12.3. The first kappa shape index (κ1) is 21.7. The van der Waals surface area contributed by atoms with Crippen molar-refractivity contribution in [3.05, 3.63) is 65.1 Å². The number of amides is 1. The minimum atomic E-state index is -0.706. The van der Waals surface area contributed by atoms with Crippen LogP contribution in [-0.2, 0) is 6.42 Å². The van der Waals surface area contributed by atoms with Crippen molar-refractivity contribution in [3.8, 4) is 28.0 Å². The summed E-state index contributed by atoms with van der Waals surface area (Å²) in [4.78, 5) is 29.1. The molecule has 3 aliphatic heterocycles. The standard InChI is InChI=1S/C27H25FN4O3/c28-24-19(13-20(25(29)32-24)15-1-3-18-17(11-15)5-8-31-26(18)34)16-2-4-23-21(12-16)22(33)14-27(35-23)6-9-30-10-7-27/h1-4,11-13,30H,5-10,14H2,(H2,29,32)(H,31,34). The highest BCUT2D eigenvalue weighted by atomic mass is 19.1. The predicted molar refractivity (Wildman–Crippen MR) is 130 cm³/mol. The Balaban J connectivity index is 1.38. The first-order valence-corrected chi connectivity index (χ1v) is 11.9. The molecule has 0 bridgehead atoms. The van der Waals surface area contributed by atoms with Crippen LogP contribution in [-0.4, -0.2) is 41.9 Å². The quantitative estimate of drug-likeness (QED) is 0.493. The molecule has 0 aliphatic carbocycles. The Bertz CT molecular complexity index is 1380. The van der Waals surface area contributed by atoms with Crippen molar-refractivity contribution in [2.24, 2.45) is 0 Å². The first-order valence-electron chi connectivity index (χ1n) is 11.9. The topological polar surface area (TPSA) is 106 Å². The third kappa shape index (κ3) is 3.74. The second-order valence-electron chi connectivity index (χ2n) is 9.48. The van der Waals surface area contributed by atoms with Crippen molar-refractivity contribution in [1.29, 1.82) is 0 Å². The van der Waals surface area contributed by atoms with Crippen LogP contribution in [0.1, 0.15) is 45.5 Å². The maximum atomic E-state index is 15.0. The van der Waals surface area contributed by atoms with Gasteiger partial charge in [0.05, 0.1) is 12.0 Å². The van der Waals surface area contributed by atoms with E-state index in [-0.39, 0.29) is 23.1 Å². The minimum absolute atomic E-state index is 0.00648. The molecule has 178 valence electrons. The molecule has 0 saturated carbocycles. The van der Waals surface area contributed by atoms with Crippen molar-refractivity contribution < 1.29 is 18.7 Å². The number of pyridine rings is 1. The Morgan fingerprint density at radius 1 is 0.914 bits per heavy atom. The van der Waals surface area contributed by atoms with Gasteiger partial charge in [-0.05, 0) is 60.5 Å². The number of ether oxygens (including phenoxy) is 1. The summed E-state index contributed by atoms with van der Waals surface area (Å²) < 4.78 is 21.3. The number of piperidine rings is 1. The number of Topliss-reactive ketones (excluding diaryl/α,β-unsaturated/α-hetero) is 1. The first-order chi connectivity index (χ1) is 16.9. The number of ketones is 1. The predicted octanol–water partition coefficient (Wildman–Crippen LogP) is 3.51. The molecular weight excluding hydrogens is 447 g/mol. The summed E-state index contributed by atoms with van der Waals surface area (Å²) in [5, 5.41) is 6.13. The molecule has 6 rings (SSSR count). The highest BCUT2D eigenvalue weighted by Crippen LogP contribution is 2.41. The number of aromatic nitrogens is 1. The fraction of sp³-hybridized carbons (Fsp3) is 0.296. The Morgan fingerprint density at radius 2 is 1.69 bits per heavy atom. The van der Waals surface area contributed by atoms with E-state index in [4.69, 9.17) is 10.5 Å². The van der Waals surface area contributed by atoms with Crippen molar-refractivity contribution in [2.45, 2.75) is 31.3 Å². The van der Waals surface area contributed by atoms with Crippen LogP contribution in [0.4, 0.5) is 10.2 Å². The number of fused-ring (bicyclic) bond motifs is 2. The number of nitrogens with two attached hydrogens (primary N) is 1. The fourth-order valence-electron chi connectivity index (χ4n) is 5.36. The maximum absolute atomic E-state index is 15.0. The maximum Gasteiger partial charge on any atom is 0.251 e. The minimum Gasteiger partial charge on any atom is -0.486 e. The van der Waals surface area contributed by atoms with Crippen molar-refractivity contribution >= 4 is 17.5 Å². The number of anilines is 1. The molecule has 35 heavy (non-hydrogen) atoms. The Kier molecular flexibility index (Phi) is 5.07. The normalized spacial score (nSPS) is 18.4. The smallest absolute Gasteiger partial charge is 0.251 e. The number of halogens is 1. The summed E-state index contributed by atoms with van der Waals surface area (Å²) in [5.41, 5.74) is 9.78. The van der Waals surface area contributed by atoms with E-state index in [1.54, 1.807) is 36.4 Å². The second kappa shape index (κ2) is 8.16. The highest BCUT2D eigenvalue weighted by molar-refractivity contribution is 6.01. The molecule has 3 aliphatic rings. The summed E-state index contributed by atoms with van der Waals surface area (Å²) in [6.45, 7) is 2.21. The van der Waals surface area contributed by atoms with Gasteiger partial charge >= 0.3 is 0 Å². The number of nitrogens with one attached hydrogen (secondary N) is 2. The van der Waals surface area contributed by atoms with Crippen LogP contribution in [0.25, 0.3) is 22.3 Å². The van der Waals surface area contributed by atoms with Crippen molar-refractivity contribution in [2.75, 3.05) is 25.4 Å². The summed E-state index contributed by atoms with van der Waals surface area (Å²) >= 11 is 0. The number of carbonyl (C=O) groups is 2. The van der Waals surface area contributed by atoms with E-state index >= 15 is 4.39 Å². The average molecular weight is 473 g/mol. The van der Waals surface area contributed by atoms with Gasteiger partial charge in [-0.1, -0.05) is 18.2 Å². The van der Waals surface area contributed by atoms with Crippen LogP contribution in [0.2, 0.25) is 0 Å². The zero-order valence-corrected chi connectivity index (χ0v) is 19.1. The zero-order valence-electron chi connectivity index (χ0n) is 19.1. The zero-order chi connectivity index (χ0) is 24.2. The van der Waals surface area contributed by atoms with E-state index in [9.17, 15) is 9.59 Å². The summed E-state index contributed by atoms with van der Waals surface area (Å²) in [5.74, 6) is -0.189. The van der Waals surface area contributed by atoms with Crippen LogP contribution < -0.4 is 21.1 Å². The molecule has 1 saturated heterocycles. The van der Waals surface area contributed by atoms with Crippen LogP contribution in [0.15, 0.2) is 42.5 Å². The van der Waals surface area contributed by atoms with E-state index in [0.717, 1.165) is 37.1 Å². The molecule has 8 heteroatoms. The van der Waals surface area contributed by atoms with E-state index in [0.29, 0.717) is 47.4 Å². The van der Waals surface area contributed by atoms with Gasteiger partial charge < -0.3 is 21.1 Å². The molecule has 1 spiro atoms. The lowest BCUT2D eigenvalue weighted by molar-refractivity contribution is 0.0187. The monoisotopic (exact) mass is 472 g/mol. The van der Waals surface area contributed by atoms with E-state index in [1.807, 2.05) is 6.07 Å². The van der Waals surface area contributed by atoms with E-state index in [2.05, 4.69) is 15.6 Å². The molecule has 2 aromatic carbocycles. The van der Waals surface area contributed by atoms with Gasteiger partial charge in [0.1, 0.15) is 17.2 Å². The third-order valence-electron chi connectivity index (χ3n) is 7.26. The van der Waals surface area contributed by atoms with Gasteiger partial charge in [-0.2, -0.15) is 4.39 Å². The average Bonchev–Trinajstić information content (AvgIpc) is 2.84. The molecule has 0 unspecified atom stereocenters. The number of nitrogen functional groups attached to an aromatic ring is 1. The molecular formula is C27H25FN4O3. The highest BCUT2D eigenvalue weighted by Gasteiger charge is 2.41. The van der Waals surface area contributed by atoms with Gasteiger partial charge in [-0.25, -0.2) is 4.98 Å². The van der Waals surface area contributed by atoms with Crippen molar-refractivity contribution in [1.82, 2.24) is 15.6 Å². The lowest BCUT2D eigenvalue weighted by atomic mass is 9.82. The van der Waals surface area contributed by atoms with Gasteiger partial charge in [0, 0.05) is 36.1 Å². The summed E-state index contributed by atoms with van der Waals surface area (Å²) in [7, 11) is 0. The van der Waals surface area contributed by atoms with Crippen LogP contribution >= 0.6 is 0 Å². The fourth-order valence-corrected chi connectivity index (χ4v) is 5.36. The molecule has 1 aromatic heterocycles. The number of benzene rings is 2. The van der Waals surface area contributed by atoms with Gasteiger partial charge in [-0.15, -0.1) is 0 Å². The van der Waals surface area contributed by atoms with Gasteiger partial charge in [0.25, 0.3) is 5.91 Å². The molecule has 1 amide bonds. The van der Waals surface area contributed by atoms with Crippen LogP contribution in [0, 0.1) is 5.95 Å². The molecule has 3 aromatic rings. The van der Waals surface area contributed by atoms with E-state index < -0.39 is 11.5 Å². The van der Waals surface area contributed by atoms with Crippen LogP contribution in [0.3, 0.4) is 0 Å². The molecule has 1 fully saturated rings. The number of rotatable bonds is 2. The Labute approximate surface area is 201 Å². The van der Waals surface area contributed by atoms with Gasteiger partial charge in [-0.3, -0.25) is 9.59 Å². The molecule has 7 nitrogen and oxygen atoms in total. The molecule has 4 heterocycles. The lowest BCUT2D eigenvalue weighted by Crippen LogP contribution is -2.49. The van der Waals surface area contributed by atoms with Gasteiger partial charge in [0.15, 0.2) is 5.78 Å². The number of hydrogen-bond acceptors (Lipinski definition) is 6.